The monoisotopic (exact) mass is 264 g/mol. The van der Waals surface area contributed by atoms with Crippen LogP contribution in [0.3, 0.4) is 0 Å². The van der Waals surface area contributed by atoms with Crippen molar-refractivity contribution >= 4 is 0 Å². The molecule has 5 heteroatoms. The lowest BCUT2D eigenvalue weighted by atomic mass is 10.1. The maximum absolute atomic E-state index is 12.9. The normalized spacial score (nSPS) is 11.8. The number of hydrogen-bond donors (Lipinski definition) is 1. The molecule has 0 saturated heterocycles. The van der Waals surface area contributed by atoms with Gasteiger partial charge in [-0.1, -0.05) is 12.1 Å². The molecule has 1 heterocycles. The van der Waals surface area contributed by atoms with E-state index in [2.05, 4.69) is 0 Å². The summed E-state index contributed by atoms with van der Waals surface area (Å²) >= 11 is 0. The zero-order valence-corrected chi connectivity index (χ0v) is 11.2. The molecule has 0 aliphatic heterocycles. The van der Waals surface area contributed by atoms with E-state index in [0.29, 0.717) is 6.54 Å². The van der Waals surface area contributed by atoms with Crippen molar-refractivity contribution in [2.24, 2.45) is 0 Å². The predicted octanol–water partition coefficient (Wildman–Crippen LogP) is 2.30. The van der Waals surface area contributed by atoms with Gasteiger partial charge in [0.25, 0.3) is 5.56 Å². The third-order valence-corrected chi connectivity index (χ3v) is 2.85. The van der Waals surface area contributed by atoms with Crippen LogP contribution in [0, 0.1) is 5.82 Å². The molecule has 0 radical (unpaired) electrons. The van der Waals surface area contributed by atoms with Crippen LogP contribution in [0.15, 0.2) is 35.1 Å². The lowest BCUT2D eigenvalue weighted by Gasteiger charge is -2.24. The molecule has 1 N–H and O–H groups in total. The van der Waals surface area contributed by atoms with Crippen LogP contribution in [-0.4, -0.2) is 14.5 Å². The van der Waals surface area contributed by atoms with Crippen molar-refractivity contribution in [3.63, 3.8) is 0 Å². The van der Waals surface area contributed by atoms with E-state index in [9.17, 15) is 14.3 Å². The predicted molar refractivity (Wildman–Crippen MR) is 70.9 cm³/mol. The summed E-state index contributed by atoms with van der Waals surface area (Å²) in [7, 11) is 0. The summed E-state index contributed by atoms with van der Waals surface area (Å²) in [6.45, 7) is 5.96. The average molecular weight is 264 g/mol. The van der Waals surface area contributed by atoms with Crippen LogP contribution in [0.5, 0.6) is 5.88 Å². The van der Waals surface area contributed by atoms with E-state index in [1.54, 1.807) is 12.1 Å². The maximum Gasteiger partial charge on any atom is 0.271 e. The third-order valence-electron chi connectivity index (χ3n) is 2.85. The van der Waals surface area contributed by atoms with Crippen molar-refractivity contribution in [2.45, 2.75) is 32.9 Å². The first-order valence-electron chi connectivity index (χ1n) is 6.06. The SMILES string of the molecule is CC(C)(C)n1c(=O)cc(O)n1Cc1ccc(F)cc1. The van der Waals surface area contributed by atoms with Gasteiger partial charge in [0, 0.05) is 0 Å². The molecule has 0 fully saturated rings. The minimum atomic E-state index is -0.446. The molecule has 2 rings (SSSR count). The van der Waals surface area contributed by atoms with E-state index in [-0.39, 0.29) is 17.3 Å². The molecule has 19 heavy (non-hydrogen) atoms. The quantitative estimate of drug-likeness (QED) is 0.904. The summed E-state index contributed by atoms with van der Waals surface area (Å²) in [5.41, 5.74) is 0.107. The number of benzene rings is 1. The topological polar surface area (TPSA) is 47.2 Å². The second-order valence-corrected chi connectivity index (χ2v) is 5.51. The van der Waals surface area contributed by atoms with Gasteiger partial charge >= 0.3 is 0 Å². The zero-order chi connectivity index (χ0) is 14.2. The Kier molecular flexibility index (Phi) is 3.22. The van der Waals surface area contributed by atoms with Crippen LogP contribution < -0.4 is 5.56 Å². The summed E-state index contributed by atoms with van der Waals surface area (Å²) in [5, 5.41) is 9.86. The third kappa shape index (κ3) is 2.70. The molecule has 2 aromatic rings. The van der Waals surface area contributed by atoms with Crippen LogP contribution in [0.1, 0.15) is 26.3 Å². The highest BCUT2D eigenvalue weighted by Gasteiger charge is 2.21. The van der Waals surface area contributed by atoms with E-state index in [0.717, 1.165) is 5.56 Å². The average Bonchev–Trinajstić information content (AvgIpc) is 2.56. The van der Waals surface area contributed by atoms with Crippen molar-refractivity contribution < 1.29 is 9.50 Å². The first-order chi connectivity index (χ1) is 8.79. The fourth-order valence-corrected chi connectivity index (χ4v) is 2.07. The van der Waals surface area contributed by atoms with E-state index < -0.39 is 5.54 Å². The Labute approximate surface area is 110 Å². The molecule has 0 bridgehead atoms. The van der Waals surface area contributed by atoms with Gasteiger partial charge < -0.3 is 5.11 Å². The van der Waals surface area contributed by atoms with Crippen LogP contribution in [0.4, 0.5) is 4.39 Å². The summed E-state index contributed by atoms with van der Waals surface area (Å²) in [6, 6.07) is 7.16. The van der Waals surface area contributed by atoms with Crippen LogP contribution in [0.25, 0.3) is 0 Å². The Morgan fingerprint density at radius 3 is 2.32 bits per heavy atom. The molecule has 4 nitrogen and oxygen atoms in total. The molecule has 0 amide bonds. The Balaban J connectivity index is 2.45. The van der Waals surface area contributed by atoms with Gasteiger partial charge in [-0.05, 0) is 38.5 Å². The number of aromatic nitrogens is 2. The Bertz CT molecular complexity index is 633. The van der Waals surface area contributed by atoms with Gasteiger partial charge in [0.05, 0.1) is 18.2 Å². The molecule has 102 valence electrons. The second-order valence-electron chi connectivity index (χ2n) is 5.51. The number of rotatable bonds is 2. The number of hydrogen-bond acceptors (Lipinski definition) is 2. The number of halogens is 1. The first-order valence-corrected chi connectivity index (χ1v) is 6.06. The van der Waals surface area contributed by atoms with E-state index in [1.165, 1.54) is 27.6 Å². The lowest BCUT2D eigenvalue weighted by molar-refractivity contribution is 0.269. The van der Waals surface area contributed by atoms with Crippen molar-refractivity contribution in [1.29, 1.82) is 0 Å². The minimum absolute atomic E-state index is 0.0933. The van der Waals surface area contributed by atoms with Gasteiger partial charge in [-0.25, -0.2) is 13.8 Å². The Morgan fingerprint density at radius 2 is 1.79 bits per heavy atom. The summed E-state index contributed by atoms with van der Waals surface area (Å²) in [5.74, 6) is -0.405. The standard InChI is InChI=1S/C14H17FN2O2/c1-14(2,3)17-13(19)8-12(18)16(17)9-10-4-6-11(15)7-5-10/h4-8,18H,9H2,1-3H3. The van der Waals surface area contributed by atoms with Gasteiger partial charge in [-0.15, -0.1) is 0 Å². The van der Waals surface area contributed by atoms with Gasteiger partial charge in [-0.2, -0.15) is 0 Å². The largest absolute Gasteiger partial charge is 0.493 e. The lowest BCUT2D eigenvalue weighted by Crippen LogP contribution is -2.36. The van der Waals surface area contributed by atoms with E-state index in [4.69, 9.17) is 0 Å². The summed E-state index contributed by atoms with van der Waals surface area (Å²) in [4.78, 5) is 11.9. The number of aromatic hydroxyl groups is 1. The van der Waals surface area contributed by atoms with E-state index in [1.807, 2.05) is 20.8 Å². The fraction of sp³-hybridized carbons (Fsp3) is 0.357. The molecule has 1 aromatic carbocycles. The van der Waals surface area contributed by atoms with Crippen LogP contribution in [0.2, 0.25) is 0 Å². The number of nitrogens with zero attached hydrogens (tertiary/aromatic N) is 2. The van der Waals surface area contributed by atoms with Gasteiger partial charge in [0.2, 0.25) is 5.88 Å². The highest BCUT2D eigenvalue weighted by molar-refractivity contribution is 5.18. The molecule has 0 aliphatic rings. The first kappa shape index (κ1) is 13.4. The Hall–Kier alpha value is -2.04. The molecule has 0 atom stereocenters. The fourth-order valence-electron chi connectivity index (χ4n) is 2.07. The van der Waals surface area contributed by atoms with Gasteiger partial charge in [0.1, 0.15) is 5.82 Å². The van der Waals surface area contributed by atoms with Crippen LogP contribution >= 0.6 is 0 Å². The van der Waals surface area contributed by atoms with Crippen molar-refractivity contribution in [1.82, 2.24) is 9.36 Å². The summed E-state index contributed by atoms with van der Waals surface area (Å²) in [6.07, 6.45) is 0. The van der Waals surface area contributed by atoms with Crippen molar-refractivity contribution in [3.05, 3.63) is 52.1 Å². The molecular formula is C14H17FN2O2. The molecule has 1 aromatic heterocycles. The molecule has 0 spiro atoms. The van der Waals surface area contributed by atoms with Crippen molar-refractivity contribution in [2.75, 3.05) is 0 Å². The van der Waals surface area contributed by atoms with Gasteiger partial charge in [0.15, 0.2) is 0 Å². The van der Waals surface area contributed by atoms with Gasteiger partial charge in [-0.3, -0.25) is 4.79 Å². The highest BCUT2D eigenvalue weighted by Crippen LogP contribution is 2.18. The maximum atomic E-state index is 12.9. The zero-order valence-electron chi connectivity index (χ0n) is 11.2. The smallest absolute Gasteiger partial charge is 0.271 e. The molecule has 0 saturated carbocycles. The molecule has 0 unspecified atom stereocenters. The summed E-state index contributed by atoms with van der Waals surface area (Å²) < 4.78 is 15.9. The van der Waals surface area contributed by atoms with Crippen LogP contribution in [-0.2, 0) is 12.1 Å². The Morgan fingerprint density at radius 1 is 1.21 bits per heavy atom. The highest BCUT2D eigenvalue weighted by atomic mass is 19.1. The van der Waals surface area contributed by atoms with Crippen molar-refractivity contribution in [3.8, 4) is 5.88 Å². The molecular weight excluding hydrogens is 247 g/mol. The second kappa shape index (κ2) is 4.57. The molecule has 0 aliphatic carbocycles. The van der Waals surface area contributed by atoms with E-state index >= 15 is 0 Å². The minimum Gasteiger partial charge on any atom is -0.493 e.